The predicted octanol–water partition coefficient (Wildman–Crippen LogP) is 7.03. The van der Waals surface area contributed by atoms with E-state index in [1.807, 2.05) is 41.5 Å². The van der Waals surface area contributed by atoms with Gasteiger partial charge in [0.15, 0.2) is 5.78 Å². The first-order valence-corrected chi connectivity index (χ1v) is 8.71. The molecule has 0 spiro atoms. The van der Waals surface area contributed by atoms with Gasteiger partial charge >= 0.3 is 6.18 Å². The van der Waals surface area contributed by atoms with E-state index in [2.05, 4.69) is 0 Å². The highest BCUT2D eigenvalue weighted by Gasteiger charge is 2.40. The zero-order valence-corrected chi connectivity index (χ0v) is 15.9. The molecule has 0 aromatic carbocycles. The van der Waals surface area contributed by atoms with E-state index in [9.17, 15) is 18.0 Å². The lowest BCUT2D eigenvalue weighted by Crippen LogP contribution is -2.19. The molecule has 0 fully saturated rings. The normalized spacial score (nSPS) is 16.7. The highest BCUT2D eigenvalue weighted by atomic mass is 19.4. The first-order valence-electron chi connectivity index (χ1n) is 8.71. The van der Waals surface area contributed by atoms with Crippen LogP contribution in [0.1, 0.15) is 81.1 Å². The van der Waals surface area contributed by atoms with E-state index in [-0.39, 0.29) is 11.5 Å². The van der Waals surface area contributed by atoms with Gasteiger partial charge in [-0.15, -0.1) is 0 Å². The standard InChI is InChI=1S/C15H21F3O.2C2H6/c1-5-9(2)12-7-6-8-13(12)14(15(16,17)18)10(3)11(4)19;2*1-2/h9H,5-8H2,1-4H3;2*1-2H3/b14-10+;;. The van der Waals surface area contributed by atoms with Crippen LogP contribution < -0.4 is 0 Å². The maximum Gasteiger partial charge on any atom is 0.417 e. The number of alkyl halides is 3. The van der Waals surface area contributed by atoms with Crippen molar-refractivity contribution in [3.8, 4) is 0 Å². The van der Waals surface area contributed by atoms with Crippen LogP contribution in [0.3, 0.4) is 0 Å². The molecule has 136 valence electrons. The van der Waals surface area contributed by atoms with Gasteiger partial charge in [-0.2, -0.15) is 13.2 Å². The van der Waals surface area contributed by atoms with Crippen LogP contribution in [0.5, 0.6) is 0 Å². The smallest absolute Gasteiger partial charge is 0.295 e. The third-order valence-electron chi connectivity index (χ3n) is 3.96. The second kappa shape index (κ2) is 11.5. The summed E-state index contributed by atoms with van der Waals surface area (Å²) in [6.07, 6.45) is -1.73. The number of ketones is 1. The predicted molar refractivity (Wildman–Crippen MR) is 92.5 cm³/mol. The Kier molecular flexibility index (Phi) is 12.1. The minimum absolute atomic E-state index is 0.148. The molecule has 0 heterocycles. The first kappa shape index (κ1) is 24.2. The molecule has 1 nitrogen and oxygen atoms in total. The molecule has 0 saturated heterocycles. The summed E-state index contributed by atoms with van der Waals surface area (Å²) in [5.74, 6) is -0.357. The molecular formula is C19H33F3O. The third kappa shape index (κ3) is 6.92. The molecule has 0 saturated carbocycles. The maximum atomic E-state index is 13.3. The molecule has 0 aromatic rings. The lowest BCUT2D eigenvalue weighted by molar-refractivity contribution is -0.115. The van der Waals surface area contributed by atoms with Crippen LogP contribution in [0.25, 0.3) is 0 Å². The molecule has 0 bridgehead atoms. The van der Waals surface area contributed by atoms with E-state index in [1.54, 1.807) is 0 Å². The molecule has 0 aromatic heterocycles. The summed E-state index contributed by atoms with van der Waals surface area (Å²) in [5.41, 5.74) is 0.406. The number of carbonyl (C=O) groups excluding carboxylic acids is 1. The fraction of sp³-hybridized carbons (Fsp3) is 0.737. The van der Waals surface area contributed by atoms with E-state index in [4.69, 9.17) is 0 Å². The van der Waals surface area contributed by atoms with Crippen molar-refractivity contribution in [2.24, 2.45) is 5.92 Å². The minimum Gasteiger partial charge on any atom is -0.295 e. The number of Topliss-reactive ketones (excluding diaryl/α,β-unsaturated/α-hetero) is 1. The Hall–Kier alpha value is -1.06. The molecule has 23 heavy (non-hydrogen) atoms. The van der Waals surface area contributed by atoms with Gasteiger partial charge in [-0.3, -0.25) is 4.79 Å². The SMILES string of the molecule is CC.CC.CCC(C)C1=C(/C(=C(/C)C(C)=O)C(F)(F)F)CCC1. The Morgan fingerprint density at radius 2 is 1.57 bits per heavy atom. The highest BCUT2D eigenvalue weighted by Crippen LogP contribution is 2.44. The third-order valence-corrected chi connectivity index (χ3v) is 3.96. The molecule has 1 unspecified atom stereocenters. The quantitative estimate of drug-likeness (QED) is 0.504. The van der Waals surface area contributed by atoms with Crippen molar-refractivity contribution in [1.29, 1.82) is 0 Å². The van der Waals surface area contributed by atoms with Gasteiger partial charge in [0, 0.05) is 5.57 Å². The van der Waals surface area contributed by atoms with Gasteiger partial charge in [-0.1, -0.05) is 47.1 Å². The number of allylic oxidation sites excluding steroid dienone is 4. The molecule has 4 heteroatoms. The minimum atomic E-state index is -4.45. The number of hydrogen-bond donors (Lipinski definition) is 0. The summed E-state index contributed by atoms with van der Waals surface area (Å²) >= 11 is 0. The van der Waals surface area contributed by atoms with E-state index < -0.39 is 17.5 Å². The molecule has 0 radical (unpaired) electrons. The van der Waals surface area contributed by atoms with Crippen LogP contribution in [0.15, 0.2) is 22.3 Å². The van der Waals surface area contributed by atoms with Crippen LogP contribution in [0, 0.1) is 5.92 Å². The summed E-state index contributed by atoms with van der Waals surface area (Å²) in [7, 11) is 0. The van der Waals surface area contributed by atoms with Gasteiger partial charge in [0.05, 0.1) is 5.57 Å². The van der Waals surface area contributed by atoms with Gasteiger partial charge in [-0.05, 0) is 51.0 Å². The van der Waals surface area contributed by atoms with Crippen molar-refractivity contribution in [1.82, 2.24) is 0 Å². The van der Waals surface area contributed by atoms with E-state index in [0.29, 0.717) is 12.0 Å². The molecule has 0 amide bonds. The maximum absolute atomic E-state index is 13.3. The summed E-state index contributed by atoms with van der Waals surface area (Å²) in [6.45, 7) is 14.4. The average molecular weight is 334 g/mol. The van der Waals surface area contributed by atoms with Gasteiger partial charge < -0.3 is 0 Å². The number of halogens is 3. The molecule has 1 atom stereocenters. The average Bonchev–Trinajstić information content (AvgIpc) is 2.98. The van der Waals surface area contributed by atoms with E-state index in [1.165, 1.54) is 13.8 Å². The summed E-state index contributed by atoms with van der Waals surface area (Å²) in [5, 5.41) is 0. The Bertz CT molecular complexity index is 428. The zero-order valence-electron chi connectivity index (χ0n) is 15.9. The van der Waals surface area contributed by atoms with Crippen molar-refractivity contribution in [2.45, 2.75) is 87.2 Å². The van der Waals surface area contributed by atoms with Crippen molar-refractivity contribution < 1.29 is 18.0 Å². The number of carbonyl (C=O) groups is 1. The van der Waals surface area contributed by atoms with Gasteiger partial charge in [0.25, 0.3) is 0 Å². The van der Waals surface area contributed by atoms with Crippen molar-refractivity contribution in [3.05, 3.63) is 22.3 Å². The first-order chi connectivity index (χ1) is 10.7. The topological polar surface area (TPSA) is 17.1 Å². The van der Waals surface area contributed by atoms with Gasteiger partial charge in [0.1, 0.15) is 0 Å². The summed E-state index contributed by atoms with van der Waals surface area (Å²) < 4.78 is 39.8. The van der Waals surface area contributed by atoms with Gasteiger partial charge in [-0.25, -0.2) is 0 Å². The Balaban J connectivity index is 0. The number of hydrogen-bond acceptors (Lipinski definition) is 1. The molecule has 1 rings (SSSR count). The van der Waals surface area contributed by atoms with Crippen LogP contribution in [0.4, 0.5) is 13.2 Å². The Morgan fingerprint density at radius 1 is 1.09 bits per heavy atom. The largest absolute Gasteiger partial charge is 0.417 e. The lowest BCUT2D eigenvalue weighted by Gasteiger charge is -2.20. The molecule has 0 N–H and O–H groups in total. The monoisotopic (exact) mass is 334 g/mol. The van der Waals surface area contributed by atoms with Crippen LogP contribution in [0.2, 0.25) is 0 Å². The van der Waals surface area contributed by atoms with Crippen molar-refractivity contribution in [2.75, 3.05) is 0 Å². The fourth-order valence-corrected chi connectivity index (χ4v) is 2.63. The zero-order chi connectivity index (χ0) is 18.8. The molecule has 1 aliphatic carbocycles. The lowest BCUT2D eigenvalue weighted by atomic mass is 9.89. The van der Waals surface area contributed by atoms with E-state index in [0.717, 1.165) is 24.8 Å². The number of rotatable bonds is 4. The van der Waals surface area contributed by atoms with Crippen molar-refractivity contribution in [3.63, 3.8) is 0 Å². The molecule has 1 aliphatic rings. The fourth-order valence-electron chi connectivity index (χ4n) is 2.63. The molecule has 0 aliphatic heterocycles. The Morgan fingerprint density at radius 3 is 1.91 bits per heavy atom. The summed E-state index contributed by atoms with van der Waals surface area (Å²) in [4.78, 5) is 11.4. The Labute approximate surface area is 140 Å². The van der Waals surface area contributed by atoms with E-state index >= 15 is 0 Å². The van der Waals surface area contributed by atoms with Crippen LogP contribution in [-0.4, -0.2) is 12.0 Å². The second-order valence-electron chi connectivity index (χ2n) is 5.22. The summed E-state index contributed by atoms with van der Waals surface area (Å²) in [6, 6.07) is 0. The van der Waals surface area contributed by atoms with Gasteiger partial charge in [0.2, 0.25) is 0 Å². The van der Waals surface area contributed by atoms with Crippen LogP contribution in [-0.2, 0) is 4.79 Å². The second-order valence-corrected chi connectivity index (χ2v) is 5.22. The van der Waals surface area contributed by atoms with Crippen molar-refractivity contribution >= 4 is 5.78 Å². The molecular weight excluding hydrogens is 301 g/mol. The highest BCUT2D eigenvalue weighted by molar-refractivity contribution is 5.94. The van der Waals surface area contributed by atoms with Crippen LogP contribution >= 0.6 is 0 Å².